The van der Waals surface area contributed by atoms with Gasteiger partial charge in [0.05, 0.1) is 6.10 Å². The lowest BCUT2D eigenvalue weighted by atomic mass is 9.88. The van der Waals surface area contributed by atoms with Gasteiger partial charge in [0.25, 0.3) is 0 Å². The van der Waals surface area contributed by atoms with E-state index in [0.717, 1.165) is 24.0 Å². The van der Waals surface area contributed by atoms with Crippen molar-refractivity contribution in [1.82, 2.24) is 4.98 Å². The Balaban J connectivity index is 1.67. The first kappa shape index (κ1) is 24.7. The van der Waals surface area contributed by atoms with Gasteiger partial charge in [0.15, 0.2) is 23.9 Å². The first-order valence-electron chi connectivity index (χ1n) is 11.2. The largest absolute Gasteiger partial charge is 0.619 e. The number of nitrogens with zero attached hydrogens (tertiary/aromatic N) is 2. The van der Waals surface area contributed by atoms with Crippen LogP contribution in [0.4, 0.5) is 17.6 Å². The molecule has 35 heavy (non-hydrogen) atoms. The molecule has 2 aromatic heterocycles. The third-order valence-corrected chi connectivity index (χ3v) is 5.76. The second kappa shape index (κ2) is 10.9. The van der Waals surface area contributed by atoms with Crippen LogP contribution in [0.5, 0.6) is 11.5 Å². The summed E-state index contributed by atoms with van der Waals surface area (Å²) in [4.78, 5) is 4.60. The molecule has 3 heterocycles. The van der Waals surface area contributed by atoms with Gasteiger partial charge < -0.3 is 19.4 Å². The molecular formula is C25H24F4N2O4. The molecule has 0 saturated carbocycles. The minimum atomic E-state index is -3.22. The predicted molar refractivity (Wildman–Crippen MR) is 117 cm³/mol. The average Bonchev–Trinajstić information content (AvgIpc) is 3.59. The summed E-state index contributed by atoms with van der Waals surface area (Å²) in [7, 11) is 0. The molecule has 1 fully saturated rings. The van der Waals surface area contributed by atoms with Gasteiger partial charge in [-0.3, -0.25) is 4.98 Å². The highest BCUT2D eigenvalue weighted by Crippen LogP contribution is 2.42. The number of epoxide rings is 1. The molecule has 0 aliphatic carbocycles. The minimum absolute atomic E-state index is 0.00778. The van der Waals surface area contributed by atoms with Gasteiger partial charge >= 0.3 is 13.2 Å². The van der Waals surface area contributed by atoms with Gasteiger partial charge in [-0.25, -0.2) is 0 Å². The van der Waals surface area contributed by atoms with E-state index in [2.05, 4.69) is 21.4 Å². The van der Waals surface area contributed by atoms with Crippen molar-refractivity contribution in [3.05, 3.63) is 88.6 Å². The van der Waals surface area contributed by atoms with Crippen LogP contribution in [0.2, 0.25) is 0 Å². The number of benzene rings is 1. The number of aromatic nitrogens is 2. The van der Waals surface area contributed by atoms with Crippen LogP contribution in [0, 0.1) is 5.21 Å². The van der Waals surface area contributed by atoms with E-state index in [1.807, 2.05) is 12.1 Å². The Kier molecular flexibility index (Phi) is 7.70. The zero-order valence-corrected chi connectivity index (χ0v) is 18.8. The van der Waals surface area contributed by atoms with Crippen molar-refractivity contribution in [3.8, 4) is 11.5 Å². The molecule has 0 amide bonds. The van der Waals surface area contributed by atoms with Crippen LogP contribution in [0.25, 0.3) is 0 Å². The van der Waals surface area contributed by atoms with Gasteiger partial charge in [-0.2, -0.15) is 22.3 Å². The van der Waals surface area contributed by atoms with Gasteiger partial charge in [-0.05, 0) is 42.2 Å². The highest BCUT2D eigenvalue weighted by Gasteiger charge is 2.39. The van der Waals surface area contributed by atoms with Gasteiger partial charge in [0.2, 0.25) is 0 Å². The van der Waals surface area contributed by atoms with Crippen molar-refractivity contribution in [2.24, 2.45) is 0 Å². The van der Waals surface area contributed by atoms with E-state index in [1.54, 1.807) is 18.3 Å². The quantitative estimate of drug-likeness (QED) is 0.152. The summed E-state index contributed by atoms with van der Waals surface area (Å²) in [5.74, 6) is -1.44. The maximum atomic E-state index is 13.0. The number of alkyl halides is 4. The average molecular weight is 492 g/mol. The van der Waals surface area contributed by atoms with E-state index in [-0.39, 0.29) is 12.2 Å². The van der Waals surface area contributed by atoms with Crippen LogP contribution in [0.3, 0.4) is 0 Å². The minimum Gasteiger partial charge on any atom is -0.619 e. The number of ether oxygens (including phenoxy) is 3. The molecule has 0 radical (unpaired) electrons. The molecule has 186 valence electrons. The Bertz CT molecular complexity index is 1110. The van der Waals surface area contributed by atoms with E-state index in [1.165, 1.54) is 30.6 Å². The standard InChI is InChI=1S/C25H24F4N2O4/c1-2-3-21-23(33-21)17-4-6-19(30-14-17)18(12-15-8-10-31(32)11-9-15)16-5-7-20(34-24(26)27)22(13-16)35-25(28)29/h4-11,13-14,18,21,23-25H,2-3,12H2,1H3. The zero-order valence-electron chi connectivity index (χ0n) is 18.8. The van der Waals surface area contributed by atoms with Crippen molar-refractivity contribution in [1.29, 1.82) is 0 Å². The summed E-state index contributed by atoms with van der Waals surface area (Å²) in [6.07, 6.45) is 6.97. The van der Waals surface area contributed by atoms with E-state index in [0.29, 0.717) is 22.4 Å². The fraction of sp³-hybridized carbons (Fsp3) is 0.360. The fourth-order valence-electron chi connectivity index (χ4n) is 4.06. The highest BCUT2D eigenvalue weighted by molar-refractivity contribution is 5.46. The number of halogens is 4. The van der Waals surface area contributed by atoms with Crippen LogP contribution in [-0.4, -0.2) is 24.3 Å². The lowest BCUT2D eigenvalue weighted by Gasteiger charge is -2.20. The Morgan fingerprint density at radius 3 is 2.34 bits per heavy atom. The molecule has 3 atom stereocenters. The topological polar surface area (TPSA) is 70.8 Å². The third kappa shape index (κ3) is 6.39. The summed E-state index contributed by atoms with van der Waals surface area (Å²) >= 11 is 0. The van der Waals surface area contributed by atoms with Gasteiger partial charge in [0.1, 0.15) is 6.10 Å². The Labute approximate surface area is 199 Å². The third-order valence-electron chi connectivity index (χ3n) is 5.76. The SMILES string of the molecule is CCCC1OC1c1ccc(C(Cc2cc[n+]([O-])cc2)c2ccc(OC(F)F)c(OC(F)F)c2)nc1. The molecule has 3 aromatic rings. The molecule has 1 aliphatic rings. The van der Waals surface area contributed by atoms with E-state index in [4.69, 9.17) is 4.74 Å². The van der Waals surface area contributed by atoms with E-state index < -0.39 is 30.6 Å². The maximum Gasteiger partial charge on any atom is 0.387 e. The van der Waals surface area contributed by atoms with Crippen molar-refractivity contribution in [3.63, 3.8) is 0 Å². The highest BCUT2D eigenvalue weighted by atomic mass is 19.3. The van der Waals surface area contributed by atoms with Crippen LogP contribution in [0.15, 0.2) is 61.1 Å². The van der Waals surface area contributed by atoms with E-state index in [9.17, 15) is 22.8 Å². The molecular weight excluding hydrogens is 468 g/mol. The summed E-state index contributed by atoms with van der Waals surface area (Å²) < 4.78 is 66.6. The summed E-state index contributed by atoms with van der Waals surface area (Å²) in [5, 5.41) is 11.4. The number of pyridine rings is 2. The molecule has 0 N–H and O–H groups in total. The monoisotopic (exact) mass is 492 g/mol. The molecule has 4 rings (SSSR count). The first-order chi connectivity index (χ1) is 16.8. The molecule has 10 heteroatoms. The zero-order chi connectivity index (χ0) is 24.9. The predicted octanol–water partition coefficient (Wildman–Crippen LogP) is 5.53. The molecule has 0 spiro atoms. The summed E-state index contributed by atoms with van der Waals surface area (Å²) in [6.45, 7) is -4.33. The number of hydrogen-bond acceptors (Lipinski definition) is 5. The second-order valence-corrected chi connectivity index (χ2v) is 8.19. The first-order valence-corrected chi connectivity index (χ1v) is 11.2. The van der Waals surface area contributed by atoms with E-state index >= 15 is 0 Å². The Morgan fingerprint density at radius 1 is 1.00 bits per heavy atom. The Morgan fingerprint density at radius 2 is 1.71 bits per heavy atom. The summed E-state index contributed by atoms with van der Waals surface area (Å²) in [5.41, 5.74) is 2.88. The molecule has 1 aliphatic heterocycles. The van der Waals surface area contributed by atoms with Crippen molar-refractivity contribution < 1.29 is 36.5 Å². The molecule has 3 unspecified atom stereocenters. The fourth-order valence-corrected chi connectivity index (χ4v) is 4.06. The van der Waals surface area contributed by atoms with Crippen LogP contribution in [-0.2, 0) is 11.2 Å². The van der Waals surface area contributed by atoms with Gasteiger partial charge in [-0.1, -0.05) is 25.5 Å². The van der Waals surface area contributed by atoms with Crippen molar-refractivity contribution in [2.75, 3.05) is 0 Å². The molecule has 0 bridgehead atoms. The number of rotatable bonds is 11. The maximum absolute atomic E-state index is 13.0. The lowest BCUT2D eigenvalue weighted by molar-refractivity contribution is -0.605. The second-order valence-electron chi connectivity index (χ2n) is 8.19. The Hall–Kier alpha value is -3.40. The molecule has 6 nitrogen and oxygen atoms in total. The van der Waals surface area contributed by atoms with Crippen LogP contribution in [0.1, 0.15) is 54.2 Å². The van der Waals surface area contributed by atoms with Crippen molar-refractivity contribution in [2.45, 2.75) is 57.5 Å². The smallest absolute Gasteiger partial charge is 0.387 e. The van der Waals surface area contributed by atoms with Gasteiger partial charge in [0, 0.05) is 35.5 Å². The van der Waals surface area contributed by atoms with Crippen LogP contribution < -0.4 is 14.2 Å². The molecule has 1 aromatic carbocycles. The van der Waals surface area contributed by atoms with Gasteiger partial charge in [-0.15, -0.1) is 0 Å². The lowest BCUT2D eigenvalue weighted by Crippen LogP contribution is -2.24. The normalized spacial score (nSPS) is 18.0. The van der Waals surface area contributed by atoms with Crippen molar-refractivity contribution >= 4 is 0 Å². The summed E-state index contributed by atoms with van der Waals surface area (Å²) in [6, 6.07) is 11.0. The number of hydrogen-bond donors (Lipinski definition) is 0. The van der Waals surface area contributed by atoms with Crippen LogP contribution >= 0.6 is 0 Å². The molecule has 1 saturated heterocycles.